The van der Waals surface area contributed by atoms with Gasteiger partial charge in [0.05, 0.1) is 7.11 Å². The van der Waals surface area contributed by atoms with Crippen molar-refractivity contribution in [2.45, 2.75) is 25.3 Å². The summed E-state index contributed by atoms with van der Waals surface area (Å²) in [6.45, 7) is 4.94. The summed E-state index contributed by atoms with van der Waals surface area (Å²) in [7, 11) is -1.00. The van der Waals surface area contributed by atoms with Crippen LogP contribution in [0.2, 0.25) is 0 Å². The van der Waals surface area contributed by atoms with Crippen molar-refractivity contribution < 1.29 is 26.9 Å². The first-order valence-electron chi connectivity index (χ1n) is 9.19. The monoisotopic (exact) mass is 421 g/mol. The Balaban J connectivity index is 2.17. The molecule has 0 aliphatic heterocycles. The molecule has 0 heterocycles. The molecule has 2 aromatic carbocycles. The van der Waals surface area contributed by atoms with E-state index in [-0.39, 0.29) is 29.1 Å². The van der Waals surface area contributed by atoms with E-state index in [1.54, 1.807) is 35.2 Å². The van der Waals surface area contributed by atoms with Crippen molar-refractivity contribution in [1.82, 2.24) is 4.90 Å². The van der Waals surface area contributed by atoms with Crippen LogP contribution in [0.15, 0.2) is 53.4 Å². The number of amides is 1. The summed E-state index contributed by atoms with van der Waals surface area (Å²) in [5.74, 6) is 0.892. The van der Waals surface area contributed by atoms with E-state index in [4.69, 9.17) is 13.7 Å². The predicted molar refractivity (Wildman–Crippen MR) is 109 cm³/mol. The Hall–Kier alpha value is -2.58. The van der Waals surface area contributed by atoms with Crippen LogP contribution in [0, 0.1) is 5.92 Å². The fourth-order valence-electron chi connectivity index (χ4n) is 2.74. The maximum absolute atomic E-state index is 12.5. The van der Waals surface area contributed by atoms with E-state index in [1.165, 1.54) is 26.4 Å². The molecule has 0 radical (unpaired) electrons. The zero-order chi connectivity index (χ0) is 21.4. The van der Waals surface area contributed by atoms with Crippen molar-refractivity contribution in [3.8, 4) is 11.5 Å². The molecule has 0 unspecified atom stereocenters. The fraction of sp³-hybridized carbons (Fsp3) is 0.381. The van der Waals surface area contributed by atoms with Crippen LogP contribution in [0.5, 0.6) is 11.5 Å². The lowest BCUT2D eigenvalue weighted by atomic mass is 10.1. The summed E-state index contributed by atoms with van der Waals surface area (Å²) < 4.78 is 40.3. The molecule has 2 aromatic rings. The molecule has 0 aliphatic rings. The van der Waals surface area contributed by atoms with Gasteiger partial charge in [0.25, 0.3) is 0 Å². The number of hydrogen-bond donors (Lipinski definition) is 0. The minimum Gasteiger partial charge on any atom is -0.497 e. The van der Waals surface area contributed by atoms with Gasteiger partial charge in [-0.1, -0.05) is 26.0 Å². The Morgan fingerprint density at radius 3 is 2.31 bits per heavy atom. The molecule has 0 spiro atoms. The van der Waals surface area contributed by atoms with Crippen LogP contribution in [0.1, 0.15) is 19.4 Å². The molecule has 0 bridgehead atoms. The number of rotatable bonds is 10. The number of benzene rings is 2. The van der Waals surface area contributed by atoms with Gasteiger partial charge in [0.15, 0.2) is 0 Å². The third-order valence-electron chi connectivity index (χ3n) is 4.03. The van der Waals surface area contributed by atoms with Crippen molar-refractivity contribution >= 4 is 16.0 Å². The number of ether oxygens (including phenoxy) is 2. The zero-order valence-electron chi connectivity index (χ0n) is 17.1. The minimum atomic E-state index is -3.98. The highest BCUT2D eigenvalue weighted by atomic mass is 32.2. The number of carbonyl (C=O) groups excluding carboxylic acids is 1. The minimum absolute atomic E-state index is 0.00520. The fourth-order valence-corrected chi connectivity index (χ4v) is 3.67. The van der Waals surface area contributed by atoms with E-state index in [0.29, 0.717) is 18.8 Å². The van der Waals surface area contributed by atoms with Gasteiger partial charge < -0.3 is 18.6 Å². The number of methoxy groups -OCH3 is 2. The Bertz CT molecular complexity index is 909. The summed E-state index contributed by atoms with van der Waals surface area (Å²) in [5.41, 5.74) is 0.762. The maximum Gasteiger partial charge on any atom is 0.339 e. The lowest BCUT2D eigenvalue weighted by Crippen LogP contribution is -2.36. The summed E-state index contributed by atoms with van der Waals surface area (Å²) in [6, 6.07) is 12.7. The molecule has 0 saturated carbocycles. The molecule has 0 N–H and O–H groups in total. The topological polar surface area (TPSA) is 82.1 Å². The van der Waals surface area contributed by atoms with Gasteiger partial charge in [-0.2, -0.15) is 8.42 Å². The number of nitrogens with zero attached hydrogens (tertiary/aromatic N) is 1. The summed E-state index contributed by atoms with van der Waals surface area (Å²) in [6.07, 6.45) is 0. The van der Waals surface area contributed by atoms with E-state index in [2.05, 4.69) is 0 Å². The second-order valence-corrected chi connectivity index (χ2v) is 8.51. The van der Waals surface area contributed by atoms with Crippen molar-refractivity contribution in [2.75, 3.05) is 27.4 Å². The van der Waals surface area contributed by atoms with Gasteiger partial charge in [-0.3, -0.25) is 4.79 Å². The summed E-state index contributed by atoms with van der Waals surface area (Å²) in [4.78, 5) is 14.0. The molecule has 1 amide bonds. The van der Waals surface area contributed by atoms with Crippen LogP contribution >= 0.6 is 0 Å². The van der Waals surface area contributed by atoms with Crippen molar-refractivity contribution in [3.05, 3.63) is 54.1 Å². The molecule has 0 aromatic heterocycles. The molecule has 0 atom stereocenters. The zero-order valence-corrected chi connectivity index (χ0v) is 17.9. The van der Waals surface area contributed by atoms with Gasteiger partial charge >= 0.3 is 10.1 Å². The van der Waals surface area contributed by atoms with Gasteiger partial charge in [0.2, 0.25) is 5.91 Å². The lowest BCUT2D eigenvalue weighted by Gasteiger charge is -2.24. The number of carbonyl (C=O) groups is 1. The highest BCUT2D eigenvalue weighted by Crippen LogP contribution is 2.22. The molecular formula is C21H27NO6S. The Morgan fingerprint density at radius 2 is 1.72 bits per heavy atom. The summed E-state index contributed by atoms with van der Waals surface area (Å²) in [5, 5.41) is 0. The molecule has 7 nitrogen and oxygen atoms in total. The quantitative estimate of drug-likeness (QED) is 0.548. The SMILES string of the molecule is COCC(=O)N(Cc1cccc(OS(=O)(=O)c2ccc(OC)cc2)c1)CC(C)C. The van der Waals surface area contributed by atoms with Crippen molar-refractivity contribution in [1.29, 1.82) is 0 Å². The highest BCUT2D eigenvalue weighted by molar-refractivity contribution is 7.87. The van der Waals surface area contributed by atoms with Crippen LogP contribution in [0.3, 0.4) is 0 Å². The van der Waals surface area contributed by atoms with Gasteiger partial charge in [0, 0.05) is 20.2 Å². The van der Waals surface area contributed by atoms with Crippen LogP contribution < -0.4 is 8.92 Å². The molecule has 0 saturated heterocycles. The molecule has 2 rings (SSSR count). The van der Waals surface area contributed by atoms with E-state index >= 15 is 0 Å². The Morgan fingerprint density at radius 1 is 1.03 bits per heavy atom. The molecule has 29 heavy (non-hydrogen) atoms. The highest BCUT2D eigenvalue weighted by Gasteiger charge is 2.18. The lowest BCUT2D eigenvalue weighted by molar-refractivity contribution is -0.136. The van der Waals surface area contributed by atoms with Crippen molar-refractivity contribution in [3.63, 3.8) is 0 Å². The first kappa shape index (κ1) is 22.7. The normalized spacial score (nSPS) is 11.3. The van der Waals surface area contributed by atoms with E-state index in [0.717, 1.165) is 5.56 Å². The van der Waals surface area contributed by atoms with Crippen LogP contribution in [-0.4, -0.2) is 46.6 Å². The number of hydrogen-bond acceptors (Lipinski definition) is 6. The predicted octanol–water partition coefficient (Wildman–Crippen LogP) is 3.09. The summed E-state index contributed by atoms with van der Waals surface area (Å²) >= 11 is 0. The van der Waals surface area contributed by atoms with Gasteiger partial charge in [-0.15, -0.1) is 0 Å². The van der Waals surface area contributed by atoms with Crippen LogP contribution in [0.25, 0.3) is 0 Å². The largest absolute Gasteiger partial charge is 0.497 e. The van der Waals surface area contributed by atoms with Gasteiger partial charge in [-0.25, -0.2) is 0 Å². The molecule has 8 heteroatoms. The van der Waals surface area contributed by atoms with E-state index in [1.807, 2.05) is 19.9 Å². The van der Waals surface area contributed by atoms with Gasteiger partial charge in [-0.05, 0) is 47.9 Å². The van der Waals surface area contributed by atoms with E-state index in [9.17, 15) is 13.2 Å². The molecule has 158 valence electrons. The standard InChI is InChI=1S/C21H27NO6S/c1-16(2)13-22(21(23)15-26-3)14-17-6-5-7-19(12-17)28-29(24,25)20-10-8-18(27-4)9-11-20/h5-12,16H,13-15H2,1-4H3. The van der Waals surface area contributed by atoms with E-state index < -0.39 is 10.1 Å². The van der Waals surface area contributed by atoms with Crippen molar-refractivity contribution in [2.24, 2.45) is 5.92 Å². The maximum atomic E-state index is 12.5. The van der Waals surface area contributed by atoms with Crippen LogP contribution in [0.4, 0.5) is 0 Å². The Labute approximate surface area is 172 Å². The third-order valence-corrected chi connectivity index (χ3v) is 5.29. The third kappa shape index (κ3) is 6.76. The molecule has 0 aliphatic carbocycles. The van der Waals surface area contributed by atoms with Crippen LogP contribution in [-0.2, 0) is 26.2 Å². The van der Waals surface area contributed by atoms with Gasteiger partial charge in [0.1, 0.15) is 23.0 Å². The molecular weight excluding hydrogens is 394 g/mol. The molecule has 0 fully saturated rings. The smallest absolute Gasteiger partial charge is 0.339 e. The average Bonchev–Trinajstić information content (AvgIpc) is 2.67. The average molecular weight is 422 g/mol. The second-order valence-electron chi connectivity index (χ2n) is 6.96. The first-order chi connectivity index (χ1) is 13.7. The second kappa shape index (κ2) is 10.3. The first-order valence-corrected chi connectivity index (χ1v) is 10.6. The Kier molecular flexibility index (Phi) is 8.04.